The Morgan fingerprint density at radius 3 is 1.67 bits per heavy atom. The van der Waals surface area contributed by atoms with Crippen LogP contribution in [0, 0.1) is 0 Å². The molecular formula is C7H19BrN2O2. The molecule has 0 rings (SSSR count). The lowest BCUT2D eigenvalue weighted by molar-refractivity contribution is -0.882. The Morgan fingerprint density at radius 1 is 1.42 bits per heavy atom. The number of quaternary nitrogens is 1. The maximum absolute atomic E-state index is 9.96. The molecule has 0 saturated carbocycles. The van der Waals surface area contributed by atoms with Gasteiger partial charge in [-0.15, -0.1) is 0 Å². The fourth-order valence-electron chi connectivity index (χ4n) is 0.144. The molecule has 76 valence electrons. The first-order valence-electron chi connectivity index (χ1n) is 3.48. The maximum atomic E-state index is 9.96. The predicted molar refractivity (Wildman–Crippen MR) is 44.5 cm³/mol. The average Bonchev–Trinajstić information content (AvgIpc) is 1.83. The lowest BCUT2D eigenvalue weighted by atomic mass is 10.5. The summed E-state index contributed by atoms with van der Waals surface area (Å²) in [6.07, 6.45) is 0.469. The van der Waals surface area contributed by atoms with Gasteiger partial charge in [0, 0.05) is 6.42 Å². The minimum atomic E-state index is -0.157. The van der Waals surface area contributed by atoms with E-state index in [1.54, 1.807) is 6.92 Å². The molecule has 0 unspecified atom stereocenters. The molecule has 0 aromatic carbocycles. The number of nitrogens with two attached hydrogens (primary N) is 1. The number of hydrogen-bond donors (Lipinski definition) is 1. The lowest BCUT2D eigenvalue weighted by Gasteiger charge is -2.12. The van der Waals surface area contributed by atoms with Crippen LogP contribution in [0.25, 0.3) is 0 Å². The summed E-state index contributed by atoms with van der Waals surface area (Å²) in [5.74, 6) is 5.13. The van der Waals surface area contributed by atoms with E-state index in [1.807, 2.05) is 21.1 Å². The molecule has 0 aliphatic heterocycles. The molecule has 0 radical (unpaired) electrons. The monoisotopic (exact) mass is 242 g/mol. The molecule has 0 amide bonds. The van der Waals surface area contributed by atoms with Crippen LogP contribution in [0.3, 0.4) is 0 Å². The third kappa shape index (κ3) is 51.8. The van der Waals surface area contributed by atoms with E-state index < -0.39 is 0 Å². The minimum absolute atomic E-state index is 0. The smallest absolute Gasteiger partial charge is 0.305 e. The predicted octanol–water partition coefficient (Wildman–Crippen LogP) is -2.86. The van der Waals surface area contributed by atoms with Crippen LogP contribution in [0.5, 0.6) is 0 Å². The van der Waals surface area contributed by atoms with Gasteiger partial charge in [-0.1, -0.05) is 6.92 Å². The van der Waals surface area contributed by atoms with Crippen LogP contribution in [0.15, 0.2) is 0 Å². The first-order valence-corrected chi connectivity index (χ1v) is 3.48. The summed E-state index contributed by atoms with van der Waals surface area (Å²) in [6, 6.07) is 0. The van der Waals surface area contributed by atoms with Crippen molar-refractivity contribution in [3.05, 3.63) is 0 Å². The molecule has 5 heteroatoms. The number of carbonyl (C=O) groups is 1. The second kappa shape index (κ2) is 8.96. The van der Waals surface area contributed by atoms with E-state index in [0.717, 1.165) is 0 Å². The Balaban J connectivity index is -0.000000126. The number of ether oxygens (including phenoxy) is 1. The Labute approximate surface area is 85.0 Å². The van der Waals surface area contributed by atoms with Gasteiger partial charge < -0.3 is 21.7 Å². The molecule has 0 heterocycles. The van der Waals surface area contributed by atoms with E-state index in [0.29, 0.717) is 11.0 Å². The fraction of sp³-hybridized carbons (Fsp3) is 0.857. The van der Waals surface area contributed by atoms with Crippen LogP contribution in [0.4, 0.5) is 0 Å². The summed E-state index contributed by atoms with van der Waals surface area (Å²) in [6.45, 7) is 1.76. The Bertz CT molecular complexity index is 100. The van der Waals surface area contributed by atoms with Crippen molar-refractivity contribution in [3.63, 3.8) is 0 Å². The van der Waals surface area contributed by atoms with Gasteiger partial charge in [-0.05, 0) is 0 Å². The average molecular weight is 243 g/mol. The van der Waals surface area contributed by atoms with Gasteiger partial charge in [0.2, 0.25) is 0 Å². The summed E-state index contributed by atoms with van der Waals surface area (Å²) in [7, 11) is 7.09. The van der Waals surface area contributed by atoms with Crippen LogP contribution in [0.1, 0.15) is 13.3 Å². The Kier molecular flexibility index (Phi) is 13.3. The van der Waals surface area contributed by atoms with Crippen LogP contribution in [-0.4, -0.2) is 38.8 Å². The second-order valence-corrected chi connectivity index (χ2v) is 3.05. The standard InChI is InChI=1S/C4H8O2.C3H11N2.BrH/c1-3-4(5)6-2;1-5(2,3)4;/h3H2,1-2H3;4H2,1-3H3;1H/q;+1;/p-1. The molecule has 4 nitrogen and oxygen atoms in total. The van der Waals surface area contributed by atoms with Crippen molar-refractivity contribution >= 4 is 5.97 Å². The third-order valence-corrected chi connectivity index (χ3v) is 0.516. The van der Waals surface area contributed by atoms with Gasteiger partial charge in [0.05, 0.1) is 28.3 Å². The topological polar surface area (TPSA) is 52.3 Å². The molecule has 0 atom stereocenters. The lowest BCUT2D eigenvalue weighted by Crippen LogP contribution is -3.00. The summed E-state index contributed by atoms with van der Waals surface area (Å²) in [4.78, 5) is 9.96. The molecule has 0 bridgehead atoms. The van der Waals surface area contributed by atoms with Gasteiger partial charge >= 0.3 is 5.97 Å². The number of esters is 1. The van der Waals surface area contributed by atoms with E-state index in [4.69, 9.17) is 5.84 Å². The molecule has 0 aromatic heterocycles. The van der Waals surface area contributed by atoms with Gasteiger partial charge in [-0.2, -0.15) is 5.84 Å². The molecule has 0 spiro atoms. The third-order valence-electron chi connectivity index (χ3n) is 0.516. The highest BCUT2D eigenvalue weighted by Crippen LogP contribution is 1.76. The number of carbonyl (C=O) groups excluding carboxylic acids is 1. The van der Waals surface area contributed by atoms with Crippen molar-refractivity contribution < 1.29 is 31.1 Å². The van der Waals surface area contributed by atoms with E-state index in [-0.39, 0.29) is 23.0 Å². The molecule has 0 saturated heterocycles. The van der Waals surface area contributed by atoms with Crippen molar-refractivity contribution in [1.29, 1.82) is 0 Å². The number of halogens is 1. The summed E-state index contributed by atoms with van der Waals surface area (Å²) in [5.41, 5.74) is 0. The second-order valence-electron chi connectivity index (χ2n) is 3.05. The van der Waals surface area contributed by atoms with Crippen molar-refractivity contribution in [3.8, 4) is 0 Å². The SMILES string of the molecule is CCC(=O)OC.C[N+](C)(C)N.[Br-]. The number of hydrogen-bond acceptors (Lipinski definition) is 3. The van der Waals surface area contributed by atoms with Crippen LogP contribution >= 0.6 is 0 Å². The number of nitrogens with zero attached hydrogens (tertiary/aromatic N) is 1. The highest BCUT2D eigenvalue weighted by molar-refractivity contribution is 5.68. The number of methoxy groups -OCH3 is 1. The van der Waals surface area contributed by atoms with Crippen molar-refractivity contribution in [1.82, 2.24) is 0 Å². The first-order chi connectivity index (χ1) is 4.81. The van der Waals surface area contributed by atoms with Gasteiger partial charge in [0.1, 0.15) is 0 Å². The van der Waals surface area contributed by atoms with Gasteiger partial charge in [0.15, 0.2) is 0 Å². The summed E-state index contributed by atoms with van der Waals surface area (Å²) in [5, 5.41) is 0. The molecule has 2 N–H and O–H groups in total. The first kappa shape index (κ1) is 17.8. The van der Waals surface area contributed by atoms with Crippen LogP contribution in [0.2, 0.25) is 0 Å². The molecule has 0 aliphatic rings. The zero-order chi connectivity index (χ0) is 9.49. The highest BCUT2D eigenvalue weighted by Gasteiger charge is 1.89. The molecule has 0 aliphatic carbocycles. The van der Waals surface area contributed by atoms with Crippen LogP contribution < -0.4 is 22.8 Å². The van der Waals surface area contributed by atoms with Gasteiger partial charge in [-0.25, -0.2) is 0 Å². The molecule has 0 fully saturated rings. The Morgan fingerprint density at radius 2 is 1.67 bits per heavy atom. The van der Waals surface area contributed by atoms with Gasteiger partial charge in [0.25, 0.3) is 0 Å². The maximum Gasteiger partial charge on any atom is 0.305 e. The molecular weight excluding hydrogens is 224 g/mol. The van der Waals surface area contributed by atoms with E-state index in [1.165, 1.54) is 7.11 Å². The summed E-state index contributed by atoms with van der Waals surface area (Å²) >= 11 is 0. The highest BCUT2D eigenvalue weighted by atomic mass is 79.9. The van der Waals surface area contributed by atoms with Crippen molar-refractivity contribution in [2.75, 3.05) is 28.3 Å². The van der Waals surface area contributed by atoms with E-state index >= 15 is 0 Å². The van der Waals surface area contributed by atoms with Crippen molar-refractivity contribution in [2.24, 2.45) is 5.84 Å². The molecule has 12 heavy (non-hydrogen) atoms. The summed E-state index contributed by atoms with van der Waals surface area (Å²) < 4.78 is 4.76. The van der Waals surface area contributed by atoms with Crippen LogP contribution in [-0.2, 0) is 9.53 Å². The fourth-order valence-corrected chi connectivity index (χ4v) is 0.144. The normalized spacial score (nSPS) is 8.83. The van der Waals surface area contributed by atoms with E-state index in [9.17, 15) is 4.79 Å². The van der Waals surface area contributed by atoms with Gasteiger partial charge in [-0.3, -0.25) is 9.39 Å². The number of rotatable bonds is 1. The quantitative estimate of drug-likeness (QED) is 0.233. The van der Waals surface area contributed by atoms with E-state index in [2.05, 4.69) is 4.74 Å². The molecule has 0 aromatic rings. The Hall–Kier alpha value is -0.130. The zero-order valence-electron chi connectivity index (χ0n) is 8.43. The van der Waals surface area contributed by atoms with Crippen molar-refractivity contribution in [2.45, 2.75) is 13.3 Å². The largest absolute Gasteiger partial charge is 1.00 e. The minimum Gasteiger partial charge on any atom is -1.00 e. The zero-order valence-corrected chi connectivity index (χ0v) is 10.0.